The third-order valence-electron chi connectivity index (χ3n) is 3.17. The normalized spacial score (nSPS) is 12.7. The lowest BCUT2D eigenvalue weighted by Gasteiger charge is -2.18. The zero-order valence-corrected chi connectivity index (χ0v) is 13.6. The fraction of sp³-hybridized carbons (Fsp3) is 0.400. The van der Waals surface area contributed by atoms with Crippen LogP contribution in [0.4, 0.5) is 0 Å². The summed E-state index contributed by atoms with van der Waals surface area (Å²) in [5.74, 6) is 1.34. The van der Waals surface area contributed by atoms with Crippen molar-refractivity contribution < 1.29 is 4.74 Å². The minimum Gasteiger partial charge on any atom is -0.495 e. The molecule has 0 aliphatic rings. The molecule has 1 atom stereocenters. The van der Waals surface area contributed by atoms with Crippen molar-refractivity contribution in [2.75, 3.05) is 7.11 Å². The summed E-state index contributed by atoms with van der Waals surface area (Å²) in [6.45, 7) is 4.33. The number of methoxy groups -OCH3 is 1. The largest absolute Gasteiger partial charge is 0.495 e. The smallest absolute Gasteiger partial charge is 0.142 e. The third-order valence-corrected chi connectivity index (χ3v) is 3.67. The monoisotopic (exact) mass is 337 g/mol. The van der Waals surface area contributed by atoms with Crippen LogP contribution >= 0.6 is 15.9 Å². The van der Waals surface area contributed by atoms with Gasteiger partial charge in [0.1, 0.15) is 5.75 Å². The third kappa shape index (κ3) is 3.22. The highest BCUT2D eigenvalue weighted by molar-refractivity contribution is 9.10. The van der Waals surface area contributed by atoms with Crippen molar-refractivity contribution in [1.29, 1.82) is 0 Å². The van der Waals surface area contributed by atoms with E-state index in [9.17, 15) is 0 Å². The first kappa shape index (κ1) is 15.1. The zero-order chi connectivity index (χ0) is 14.7. The van der Waals surface area contributed by atoms with Gasteiger partial charge in [-0.3, -0.25) is 4.57 Å². The summed E-state index contributed by atoms with van der Waals surface area (Å²) in [6.07, 6.45) is 4.52. The molecule has 1 aromatic carbocycles. The number of nitrogens with zero attached hydrogens (tertiary/aromatic N) is 2. The minimum absolute atomic E-state index is 0.0406. The van der Waals surface area contributed by atoms with Crippen molar-refractivity contribution in [3.05, 3.63) is 40.9 Å². The van der Waals surface area contributed by atoms with Gasteiger partial charge in [-0.15, -0.1) is 0 Å². The first-order chi connectivity index (χ1) is 9.52. The van der Waals surface area contributed by atoms with E-state index in [0.29, 0.717) is 5.92 Å². The standard InChI is InChI=1S/C15H20BrN3O/c1-10(2)6-12(17)14-8-18-9-19(14)13-7-11(16)4-5-15(13)20-3/h4-5,7-10,12H,6,17H2,1-3H3. The molecule has 0 aliphatic carbocycles. The Kier molecular flexibility index (Phi) is 4.83. The number of nitrogens with two attached hydrogens (primary N) is 1. The molecule has 1 unspecified atom stereocenters. The molecule has 0 saturated heterocycles. The van der Waals surface area contributed by atoms with Crippen molar-refractivity contribution in [1.82, 2.24) is 9.55 Å². The molecular formula is C15H20BrN3O. The van der Waals surface area contributed by atoms with Crippen LogP contribution in [-0.4, -0.2) is 16.7 Å². The molecule has 108 valence electrons. The molecule has 0 amide bonds. The molecule has 1 heterocycles. The van der Waals surface area contributed by atoms with Gasteiger partial charge in [-0.2, -0.15) is 0 Å². The maximum Gasteiger partial charge on any atom is 0.142 e. The van der Waals surface area contributed by atoms with Gasteiger partial charge < -0.3 is 10.5 Å². The number of hydrogen-bond donors (Lipinski definition) is 1. The summed E-state index contributed by atoms with van der Waals surface area (Å²) in [7, 11) is 1.66. The second-order valence-corrected chi connectivity index (χ2v) is 6.16. The SMILES string of the molecule is COc1ccc(Br)cc1-n1cncc1C(N)CC(C)C. The van der Waals surface area contributed by atoms with E-state index < -0.39 is 0 Å². The van der Waals surface area contributed by atoms with Crippen molar-refractivity contribution in [3.63, 3.8) is 0 Å². The molecule has 2 aromatic rings. The Balaban J connectivity index is 2.44. The van der Waals surface area contributed by atoms with Gasteiger partial charge in [0.15, 0.2) is 0 Å². The van der Waals surface area contributed by atoms with Gasteiger partial charge in [-0.25, -0.2) is 4.98 Å². The van der Waals surface area contributed by atoms with Gasteiger partial charge in [-0.05, 0) is 30.5 Å². The molecule has 2 rings (SSSR count). The maximum atomic E-state index is 6.29. The van der Waals surface area contributed by atoms with Crippen LogP contribution in [0.1, 0.15) is 32.0 Å². The maximum absolute atomic E-state index is 6.29. The first-order valence-electron chi connectivity index (χ1n) is 6.64. The molecule has 0 spiro atoms. The van der Waals surface area contributed by atoms with E-state index in [4.69, 9.17) is 10.5 Å². The predicted molar refractivity (Wildman–Crippen MR) is 84.2 cm³/mol. The first-order valence-corrected chi connectivity index (χ1v) is 7.44. The van der Waals surface area contributed by atoms with Crippen LogP contribution in [0.3, 0.4) is 0 Å². The van der Waals surface area contributed by atoms with Crippen molar-refractivity contribution in [2.45, 2.75) is 26.3 Å². The van der Waals surface area contributed by atoms with E-state index in [1.807, 2.05) is 29.0 Å². The number of benzene rings is 1. The number of rotatable bonds is 5. The van der Waals surface area contributed by atoms with Crippen LogP contribution in [0, 0.1) is 5.92 Å². The Hall–Kier alpha value is -1.33. The lowest BCUT2D eigenvalue weighted by molar-refractivity contribution is 0.411. The van der Waals surface area contributed by atoms with E-state index >= 15 is 0 Å². The van der Waals surface area contributed by atoms with Crippen LogP contribution < -0.4 is 10.5 Å². The zero-order valence-electron chi connectivity index (χ0n) is 12.0. The highest BCUT2D eigenvalue weighted by Crippen LogP contribution is 2.29. The molecule has 0 radical (unpaired) electrons. The minimum atomic E-state index is -0.0406. The Morgan fingerprint density at radius 1 is 1.40 bits per heavy atom. The molecule has 5 heteroatoms. The van der Waals surface area contributed by atoms with E-state index in [2.05, 4.69) is 34.8 Å². The van der Waals surface area contributed by atoms with Gasteiger partial charge in [0.2, 0.25) is 0 Å². The fourth-order valence-electron chi connectivity index (χ4n) is 2.26. The molecule has 2 N–H and O–H groups in total. The van der Waals surface area contributed by atoms with Gasteiger partial charge in [0, 0.05) is 10.5 Å². The number of ether oxygens (including phenoxy) is 1. The summed E-state index contributed by atoms with van der Waals surface area (Å²) in [4.78, 5) is 4.24. The summed E-state index contributed by atoms with van der Waals surface area (Å²) in [5.41, 5.74) is 8.23. The van der Waals surface area contributed by atoms with Crippen molar-refractivity contribution in [3.8, 4) is 11.4 Å². The molecule has 0 bridgehead atoms. The molecule has 4 nitrogen and oxygen atoms in total. The van der Waals surface area contributed by atoms with Gasteiger partial charge >= 0.3 is 0 Å². The number of aromatic nitrogens is 2. The van der Waals surface area contributed by atoms with Crippen molar-refractivity contribution in [2.24, 2.45) is 11.7 Å². The van der Waals surface area contributed by atoms with Crippen LogP contribution in [0.2, 0.25) is 0 Å². The quantitative estimate of drug-likeness (QED) is 0.905. The molecule has 20 heavy (non-hydrogen) atoms. The molecule has 0 aliphatic heterocycles. The van der Waals surface area contributed by atoms with E-state index in [1.165, 1.54) is 0 Å². The van der Waals surface area contributed by atoms with E-state index in [1.54, 1.807) is 13.4 Å². The lowest BCUT2D eigenvalue weighted by Crippen LogP contribution is -2.16. The average Bonchev–Trinajstić information content (AvgIpc) is 2.87. The topological polar surface area (TPSA) is 53.1 Å². The van der Waals surface area contributed by atoms with Crippen LogP contribution in [0.15, 0.2) is 35.2 Å². The molecule has 0 fully saturated rings. The molecule has 1 aromatic heterocycles. The highest BCUT2D eigenvalue weighted by Gasteiger charge is 2.16. The second-order valence-electron chi connectivity index (χ2n) is 5.24. The van der Waals surface area contributed by atoms with Crippen LogP contribution in [0.25, 0.3) is 5.69 Å². The Labute approximate surface area is 128 Å². The number of halogens is 1. The Morgan fingerprint density at radius 3 is 2.80 bits per heavy atom. The van der Waals surface area contributed by atoms with E-state index in [-0.39, 0.29) is 6.04 Å². The second kappa shape index (κ2) is 6.41. The number of imidazole rings is 1. The molecular weight excluding hydrogens is 318 g/mol. The Morgan fingerprint density at radius 2 is 2.15 bits per heavy atom. The fourth-order valence-corrected chi connectivity index (χ4v) is 2.61. The van der Waals surface area contributed by atoms with Gasteiger partial charge in [0.05, 0.1) is 31.0 Å². The highest BCUT2D eigenvalue weighted by atomic mass is 79.9. The summed E-state index contributed by atoms with van der Waals surface area (Å²) in [6, 6.07) is 5.84. The van der Waals surface area contributed by atoms with Gasteiger partial charge in [-0.1, -0.05) is 29.8 Å². The predicted octanol–water partition coefficient (Wildman–Crippen LogP) is 3.69. The average molecular weight is 338 g/mol. The summed E-state index contributed by atoms with van der Waals surface area (Å²) < 4.78 is 8.42. The summed E-state index contributed by atoms with van der Waals surface area (Å²) in [5, 5.41) is 0. The van der Waals surface area contributed by atoms with Crippen LogP contribution in [0.5, 0.6) is 5.75 Å². The molecule has 0 saturated carbocycles. The lowest BCUT2D eigenvalue weighted by atomic mass is 10.0. The Bertz CT molecular complexity index is 580. The number of hydrogen-bond acceptors (Lipinski definition) is 3. The summed E-state index contributed by atoms with van der Waals surface area (Å²) >= 11 is 3.49. The van der Waals surface area contributed by atoms with E-state index in [0.717, 1.165) is 28.0 Å². The van der Waals surface area contributed by atoms with Crippen molar-refractivity contribution >= 4 is 15.9 Å². The van der Waals surface area contributed by atoms with Crippen LogP contribution in [-0.2, 0) is 0 Å². The van der Waals surface area contributed by atoms with Gasteiger partial charge in [0.25, 0.3) is 0 Å².